The first-order chi connectivity index (χ1) is 7.47. The van der Waals surface area contributed by atoms with E-state index < -0.39 is 18.6 Å². The van der Waals surface area contributed by atoms with Crippen LogP contribution in [0.3, 0.4) is 0 Å². The monoisotopic (exact) mass is 233 g/mol. The maximum absolute atomic E-state index is 12.3. The normalized spacial score (nSPS) is 18.2. The predicted octanol–water partition coefficient (Wildman–Crippen LogP) is 2.04. The molecule has 1 aliphatic heterocycles. The summed E-state index contributed by atoms with van der Waals surface area (Å²) < 4.78 is 38.5. The Morgan fingerprint density at radius 1 is 1.56 bits per heavy atom. The molecule has 0 saturated heterocycles. The number of hydrogen-bond donors (Lipinski definition) is 1. The summed E-state index contributed by atoms with van der Waals surface area (Å²) in [5.41, 5.74) is 1.82. The van der Waals surface area contributed by atoms with Crippen LogP contribution in [-0.2, 0) is 13.0 Å². The Morgan fingerprint density at radius 2 is 2.31 bits per heavy atom. The number of alkyl halides is 3. The first kappa shape index (κ1) is 11.4. The zero-order chi connectivity index (χ0) is 11.8. The van der Waals surface area contributed by atoms with Crippen LogP contribution in [-0.4, -0.2) is 22.3 Å². The van der Waals surface area contributed by atoms with Gasteiger partial charge in [0.15, 0.2) is 0 Å². The molecule has 1 unspecified atom stereocenters. The van der Waals surface area contributed by atoms with Gasteiger partial charge in [-0.25, -0.2) is 4.98 Å². The number of hydrogen-bond acceptors (Lipinski definition) is 2. The predicted molar refractivity (Wildman–Crippen MR) is 53.0 cm³/mol. The van der Waals surface area contributed by atoms with Crippen molar-refractivity contribution in [2.45, 2.75) is 38.5 Å². The first-order valence-electron chi connectivity index (χ1n) is 5.29. The van der Waals surface area contributed by atoms with Crippen molar-refractivity contribution in [2.75, 3.05) is 6.54 Å². The van der Waals surface area contributed by atoms with Crippen molar-refractivity contribution in [3.8, 4) is 0 Å². The molecule has 0 spiro atoms. The minimum absolute atomic E-state index is 0.575. The molecule has 0 amide bonds. The fourth-order valence-corrected chi connectivity index (χ4v) is 2.07. The molecule has 90 valence electrons. The lowest BCUT2D eigenvalue weighted by atomic mass is 10.1. The molecule has 1 aromatic heterocycles. The molecule has 1 aromatic rings. The third-order valence-electron chi connectivity index (χ3n) is 2.82. The van der Waals surface area contributed by atoms with E-state index in [4.69, 9.17) is 0 Å². The molecule has 0 radical (unpaired) electrons. The molecular formula is C10H14F3N3. The molecule has 1 aliphatic rings. The van der Waals surface area contributed by atoms with Crippen molar-refractivity contribution in [2.24, 2.45) is 0 Å². The summed E-state index contributed by atoms with van der Waals surface area (Å²) in [5, 5.41) is 3.14. The lowest BCUT2D eigenvalue weighted by Gasteiger charge is -2.21. The quantitative estimate of drug-likeness (QED) is 0.847. The van der Waals surface area contributed by atoms with Gasteiger partial charge in [-0.3, -0.25) is 0 Å². The van der Waals surface area contributed by atoms with Crippen LogP contribution in [0.4, 0.5) is 13.2 Å². The average Bonchev–Trinajstić information content (AvgIpc) is 2.58. The van der Waals surface area contributed by atoms with Gasteiger partial charge in [-0.1, -0.05) is 0 Å². The summed E-state index contributed by atoms with van der Waals surface area (Å²) in [4.78, 5) is 4.14. The number of rotatable bonds is 2. The smallest absolute Gasteiger partial charge is 0.331 e. The van der Waals surface area contributed by atoms with Gasteiger partial charge in [-0.2, -0.15) is 13.2 Å². The van der Waals surface area contributed by atoms with Gasteiger partial charge in [0.25, 0.3) is 0 Å². The zero-order valence-corrected chi connectivity index (χ0v) is 9.01. The largest absolute Gasteiger partial charge is 0.391 e. The number of nitrogens with zero attached hydrogens (tertiary/aromatic N) is 2. The van der Waals surface area contributed by atoms with Gasteiger partial charge in [0.05, 0.1) is 18.4 Å². The SMILES string of the molecule is CC(CC(F)(F)F)n1cnc2c1CCNC2. The molecule has 0 fully saturated rings. The van der Waals surface area contributed by atoms with E-state index in [1.165, 1.54) is 6.33 Å². The van der Waals surface area contributed by atoms with Crippen LogP contribution in [0, 0.1) is 0 Å². The Hall–Kier alpha value is -1.04. The van der Waals surface area contributed by atoms with E-state index in [2.05, 4.69) is 10.3 Å². The van der Waals surface area contributed by atoms with E-state index in [0.29, 0.717) is 6.54 Å². The second-order valence-electron chi connectivity index (χ2n) is 4.14. The fraction of sp³-hybridized carbons (Fsp3) is 0.700. The van der Waals surface area contributed by atoms with Crippen molar-refractivity contribution in [1.29, 1.82) is 0 Å². The van der Waals surface area contributed by atoms with E-state index >= 15 is 0 Å². The number of aromatic nitrogens is 2. The molecule has 3 nitrogen and oxygen atoms in total. The van der Waals surface area contributed by atoms with Crippen LogP contribution in [0.5, 0.6) is 0 Å². The van der Waals surface area contributed by atoms with Gasteiger partial charge in [0.1, 0.15) is 0 Å². The summed E-state index contributed by atoms with van der Waals surface area (Å²) in [6.07, 6.45) is -2.65. The Kier molecular flexibility index (Phi) is 2.92. The van der Waals surface area contributed by atoms with Crippen LogP contribution in [0.15, 0.2) is 6.33 Å². The van der Waals surface area contributed by atoms with Crippen molar-refractivity contribution < 1.29 is 13.2 Å². The molecule has 6 heteroatoms. The summed E-state index contributed by atoms with van der Waals surface area (Å²) in [6, 6.07) is -0.575. The molecule has 16 heavy (non-hydrogen) atoms. The maximum Gasteiger partial charge on any atom is 0.391 e. The van der Waals surface area contributed by atoms with E-state index in [1.807, 2.05) is 0 Å². The van der Waals surface area contributed by atoms with E-state index in [0.717, 1.165) is 24.4 Å². The Labute approximate surface area is 91.7 Å². The minimum atomic E-state index is -4.12. The standard InChI is InChI=1S/C10H14F3N3/c1-7(4-10(11,12)13)16-6-15-8-5-14-3-2-9(8)16/h6-7,14H,2-5H2,1H3. The zero-order valence-electron chi connectivity index (χ0n) is 9.01. The van der Waals surface area contributed by atoms with Gasteiger partial charge >= 0.3 is 6.18 Å². The fourth-order valence-electron chi connectivity index (χ4n) is 2.07. The van der Waals surface area contributed by atoms with Crippen molar-refractivity contribution in [1.82, 2.24) is 14.9 Å². The molecule has 0 aliphatic carbocycles. The lowest BCUT2D eigenvalue weighted by molar-refractivity contribution is -0.141. The highest BCUT2D eigenvalue weighted by atomic mass is 19.4. The molecule has 1 atom stereocenters. The Balaban J connectivity index is 2.17. The Morgan fingerprint density at radius 3 is 3.00 bits per heavy atom. The molecule has 0 aromatic carbocycles. The summed E-state index contributed by atoms with van der Waals surface area (Å²) >= 11 is 0. The highest BCUT2D eigenvalue weighted by molar-refractivity contribution is 5.17. The maximum atomic E-state index is 12.3. The topological polar surface area (TPSA) is 29.9 Å². The number of nitrogens with one attached hydrogen (secondary N) is 1. The van der Waals surface area contributed by atoms with E-state index in [1.54, 1.807) is 11.5 Å². The van der Waals surface area contributed by atoms with Crippen LogP contribution in [0.1, 0.15) is 30.8 Å². The minimum Gasteiger partial charge on any atom is -0.331 e. The molecule has 0 saturated carbocycles. The molecule has 2 heterocycles. The van der Waals surface area contributed by atoms with Crippen molar-refractivity contribution in [3.63, 3.8) is 0 Å². The summed E-state index contributed by atoms with van der Waals surface area (Å²) in [7, 11) is 0. The van der Waals surface area contributed by atoms with E-state index in [9.17, 15) is 13.2 Å². The van der Waals surface area contributed by atoms with Crippen LogP contribution in [0.2, 0.25) is 0 Å². The van der Waals surface area contributed by atoms with Crippen molar-refractivity contribution >= 4 is 0 Å². The Bertz CT molecular complexity index is 370. The third kappa shape index (κ3) is 2.37. The number of halogens is 3. The van der Waals surface area contributed by atoms with Gasteiger partial charge in [0, 0.05) is 31.2 Å². The highest BCUT2D eigenvalue weighted by Gasteiger charge is 2.31. The van der Waals surface area contributed by atoms with Gasteiger partial charge in [-0.05, 0) is 6.92 Å². The second-order valence-corrected chi connectivity index (χ2v) is 4.14. The molecule has 0 bridgehead atoms. The van der Waals surface area contributed by atoms with Crippen LogP contribution in [0.25, 0.3) is 0 Å². The second kappa shape index (κ2) is 4.08. The average molecular weight is 233 g/mol. The van der Waals surface area contributed by atoms with Crippen LogP contribution >= 0.6 is 0 Å². The van der Waals surface area contributed by atoms with Crippen LogP contribution < -0.4 is 5.32 Å². The molecule has 2 rings (SSSR count). The third-order valence-corrected chi connectivity index (χ3v) is 2.82. The molecule has 1 N–H and O–H groups in total. The number of imidazole rings is 1. The lowest BCUT2D eigenvalue weighted by Crippen LogP contribution is -2.26. The summed E-state index contributed by atoms with van der Waals surface area (Å²) in [5.74, 6) is 0. The number of fused-ring (bicyclic) bond motifs is 1. The van der Waals surface area contributed by atoms with Crippen molar-refractivity contribution in [3.05, 3.63) is 17.7 Å². The van der Waals surface area contributed by atoms with Gasteiger partial charge in [0.2, 0.25) is 0 Å². The van der Waals surface area contributed by atoms with Gasteiger partial charge in [-0.15, -0.1) is 0 Å². The summed E-state index contributed by atoms with van der Waals surface area (Å²) in [6.45, 7) is 3.04. The highest BCUT2D eigenvalue weighted by Crippen LogP contribution is 2.29. The molecular weight excluding hydrogens is 219 g/mol. The van der Waals surface area contributed by atoms with E-state index in [-0.39, 0.29) is 0 Å². The first-order valence-corrected chi connectivity index (χ1v) is 5.29. The van der Waals surface area contributed by atoms with Gasteiger partial charge < -0.3 is 9.88 Å².